The van der Waals surface area contributed by atoms with Gasteiger partial charge >= 0.3 is 5.97 Å². The summed E-state index contributed by atoms with van der Waals surface area (Å²) in [6, 6.07) is 7.47. The average Bonchev–Trinajstić information content (AvgIpc) is 2.45. The standard InChI is InChI=1S/C15H16N2O3/c1-2-7-17(10-14(18)19)15(20)13-8-11-5-3-4-6-12(11)9-16-13/h1,3-6,13,16H,7-10H2,(H,18,19)/t13-/m1/s1. The first-order chi connectivity index (χ1) is 9.61. The minimum Gasteiger partial charge on any atom is -0.480 e. The van der Waals surface area contributed by atoms with Crippen molar-refractivity contribution in [2.45, 2.75) is 19.0 Å². The number of terminal acetylenes is 1. The Balaban J connectivity index is 2.10. The molecule has 0 aliphatic carbocycles. The number of nitrogens with zero attached hydrogens (tertiary/aromatic N) is 1. The van der Waals surface area contributed by atoms with Crippen molar-refractivity contribution in [3.8, 4) is 12.3 Å². The van der Waals surface area contributed by atoms with E-state index >= 15 is 0 Å². The van der Waals surface area contributed by atoms with E-state index in [1.807, 2.05) is 24.3 Å². The molecule has 5 heteroatoms. The molecule has 1 heterocycles. The molecule has 2 N–H and O–H groups in total. The Labute approximate surface area is 117 Å². The van der Waals surface area contributed by atoms with Gasteiger partial charge in [-0.3, -0.25) is 9.59 Å². The zero-order valence-corrected chi connectivity index (χ0v) is 11.0. The quantitative estimate of drug-likeness (QED) is 0.771. The third kappa shape index (κ3) is 3.16. The predicted molar refractivity (Wildman–Crippen MR) is 73.8 cm³/mol. The topological polar surface area (TPSA) is 69.6 Å². The number of hydrogen-bond acceptors (Lipinski definition) is 3. The number of carboxylic acid groups (broad SMARTS) is 1. The molecule has 0 saturated carbocycles. The largest absolute Gasteiger partial charge is 0.480 e. The van der Waals surface area contributed by atoms with Crippen LogP contribution in [0.3, 0.4) is 0 Å². The molecule has 1 amide bonds. The van der Waals surface area contributed by atoms with Gasteiger partial charge in [-0.25, -0.2) is 0 Å². The monoisotopic (exact) mass is 272 g/mol. The lowest BCUT2D eigenvalue weighted by molar-refractivity contribution is -0.144. The highest BCUT2D eigenvalue weighted by Crippen LogP contribution is 2.17. The fourth-order valence-corrected chi connectivity index (χ4v) is 2.33. The first-order valence-electron chi connectivity index (χ1n) is 6.36. The molecule has 20 heavy (non-hydrogen) atoms. The number of nitrogens with one attached hydrogen (secondary N) is 1. The summed E-state index contributed by atoms with van der Waals surface area (Å²) in [6.45, 7) is 0.233. The number of rotatable bonds is 4. The summed E-state index contributed by atoms with van der Waals surface area (Å²) in [5.41, 5.74) is 2.28. The van der Waals surface area contributed by atoms with E-state index in [0.29, 0.717) is 13.0 Å². The first-order valence-corrected chi connectivity index (χ1v) is 6.36. The van der Waals surface area contributed by atoms with E-state index in [9.17, 15) is 9.59 Å². The first kappa shape index (κ1) is 14.1. The van der Waals surface area contributed by atoms with Gasteiger partial charge in [0.2, 0.25) is 5.91 Å². The number of benzene rings is 1. The van der Waals surface area contributed by atoms with Gasteiger partial charge in [-0.05, 0) is 17.5 Å². The third-order valence-corrected chi connectivity index (χ3v) is 3.30. The molecule has 104 valence electrons. The Morgan fingerprint density at radius 2 is 2.10 bits per heavy atom. The molecular weight excluding hydrogens is 256 g/mol. The highest BCUT2D eigenvalue weighted by molar-refractivity contribution is 5.86. The van der Waals surface area contributed by atoms with Gasteiger partial charge < -0.3 is 15.3 Å². The molecule has 0 radical (unpaired) electrons. The van der Waals surface area contributed by atoms with Gasteiger partial charge in [0.15, 0.2) is 0 Å². The van der Waals surface area contributed by atoms with Crippen LogP contribution >= 0.6 is 0 Å². The molecule has 0 unspecified atom stereocenters. The second kappa shape index (κ2) is 6.22. The zero-order valence-electron chi connectivity index (χ0n) is 11.0. The Hall–Kier alpha value is -2.32. The molecule has 5 nitrogen and oxygen atoms in total. The Morgan fingerprint density at radius 1 is 1.40 bits per heavy atom. The van der Waals surface area contributed by atoms with Crippen LogP contribution in [-0.4, -0.2) is 41.0 Å². The van der Waals surface area contributed by atoms with Gasteiger partial charge in [-0.2, -0.15) is 0 Å². The molecular formula is C15H16N2O3. The van der Waals surface area contributed by atoms with Crippen LogP contribution in [0, 0.1) is 12.3 Å². The number of fused-ring (bicyclic) bond motifs is 1. The third-order valence-electron chi connectivity index (χ3n) is 3.30. The summed E-state index contributed by atoms with van der Waals surface area (Å²) in [7, 11) is 0. The van der Waals surface area contributed by atoms with Crippen LogP contribution in [0.5, 0.6) is 0 Å². The van der Waals surface area contributed by atoms with Crippen molar-refractivity contribution in [1.29, 1.82) is 0 Å². The second-order valence-electron chi connectivity index (χ2n) is 4.70. The number of amides is 1. The minimum absolute atomic E-state index is 0.00492. The molecule has 1 aromatic carbocycles. The zero-order chi connectivity index (χ0) is 14.5. The molecule has 0 spiro atoms. The van der Waals surface area contributed by atoms with E-state index in [1.165, 1.54) is 10.5 Å². The van der Waals surface area contributed by atoms with E-state index in [1.54, 1.807) is 0 Å². The van der Waals surface area contributed by atoms with Gasteiger partial charge in [-0.1, -0.05) is 30.2 Å². The van der Waals surface area contributed by atoms with Crippen LogP contribution in [0.2, 0.25) is 0 Å². The van der Waals surface area contributed by atoms with E-state index < -0.39 is 12.0 Å². The average molecular weight is 272 g/mol. The smallest absolute Gasteiger partial charge is 0.323 e. The van der Waals surface area contributed by atoms with Crippen LogP contribution in [0.4, 0.5) is 0 Å². The fraction of sp³-hybridized carbons (Fsp3) is 0.333. The van der Waals surface area contributed by atoms with Gasteiger partial charge in [0, 0.05) is 6.54 Å². The number of carboxylic acids is 1. The van der Waals surface area contributed by atoms with Gasteiger partial charge in [0.05, 0.1) is 12.6 Å². The van der Waals surface area contributed by atoms with E-state index in [2.05, 4.69) is 11.2 Å². The van der Waals surface area contributed by atoms with Crippen molar-refractivity contribution >= 4 is 11.9 Å². The molecule has 0 saturated heterocycles. The molecule has 0 bridgehead atoms. The van der Waals surface area contributed by atoms with E-state index in [0.717, 1.165) is 5.56 Å². The summed E-state index contributed by atoms with van der Waals surface area (Å²) in [4.78, 5) is 24.3. The van der Waals surface area contributed by atoms with Crippen molar-refractivity contribution in [2.75, 3.05) is 13.1 Å². The molecule has 1 aliphatic heterocycles. The number of aliphatic carboxylic acids is 1. The van der Waals surface area contributed by atoms with Crippen LogP contribution in [-0.2, 0) is 22.6 Å². The molecule has 0 aromatic heterocycles. The van der Waals surface area contributed by atoms with Crippen molar-refractivity contribution in [3.63, 3.8) is 0 Å². The Morgan fingerprint density at radius 3 is 2.75 bits per heavy atom. The van der Waals surface area contributed by atoms with Crippen molar-refractivity contribution < 1.29 is 14.7 Å². The predicted octanol–water partition coefficient (Wildman–Crippen LogP) is 0.247. The highest BCUT2D eigenvalue weighted by Gasteiger charge is 2.28. The number of carbonyl (C=O) groups excluding carboxylic acids is 1. The normalized spacial score (nSPS) is 16.9. The van der Waals surface area contributed by atoms with E-state index in [-0.39, 0.29) is 19.0 Å². The molecule has 1 atom stereocenters. The highest BCUT2D eigenvalue weighted by atomic mass is 16.4. The van der Waals surface area contributed by atoms with Gasteiger partial charge in [0.25, 0.3) is 0 Å². The van der Waals surface area contributed by atoms with Crippen molar-refractivity contribution in [3.05, 3.63) is 35.4 Å². The van der Waals surface area contributed by atoms with Crippen LogP contribution in [0.15, 0.2) is 24.3 Å². The minimum atomic E-state index is -1.06. The van der Waals surface area contributed by atoms with Crippen LogP contribution < -0.4 is 5.32 Å². The maximum absolute atomic E-state index is 12.3. The van der Waals surface area contributed by atoms with Crippen LogP contribution in [0.1, 0.15) is 11.1 Å². The maximum Gasteiger partial charge on any atom is 0.323 e. The number of carbonyl (C=O) groups is 2. The Kier molecular flexibility index (Phi) is 4.38. The maximum atomic E-state index is 12.3. The van der Waals surface area contributed by atoms with E-state index in [4.69, 9.17) is 11.5 Å². The second-order valence-corrected chi connectivity index (χ2v) is 4.70. The lowest BCUT2D eigenvalue weighted by atomic mass is 9.95. The lowest BCUT2D eigenvalue weighted by Gasteiger charge is -2.29. The van der Waals surface area contributed by atoms with Crippen molar-refractivity contribution in [2.24, 2.45) is 0 Å². The summed E-state index contributed by atoms with van der Waals surface area (Å²) >= 11 is 0. The van der Waals surface area contributed by atoms with Gasteiger partial charge in [-0.15, -0.1) is 6.42 Å². The summed E-state index contributed by atoms with van der Waals surface area (Å²) in [6.07, 6.45) is 5.74. The molecule has 2 rings (SSSR count). The summed E-state index contributed by atoms with van der Waals surface area (Å²) in [5.74, 6) is 0.997. The molecule has 0 fully saturated rings. The Bertz CT molecular complexity index is 562. The lowest BCUT2D eigenvalue weighted by Crippen LogP contribution is -2.50. The summed E-state index contributed by atoms with van der Waals surface area (Å²) in [5, 5.41) is 12.0. The van der Waals surface area contributed by atoms with Gasteiger partial charge in [0.1, 0.15) is 6.54 Å². The molecule has 1 aliphatic rings. The molecule has 1 aromatic rings. The summed E-state index contributed by atoms with van der Waals surface area (Å²) < 4.78 is 0. The van der Waals surface area contributed by atoms with Crippen LogP contribution in [0.25, 0.3) is 0 Å². The van der Waals surface area contributed by atoms with Crippen molar-refractivity contribution in [1.82, 2.24) is 10.2 Å². The fourth-order valence-electron chi connectivity index (χ4n) is 2.33. The number of hydrogen-bond donors (Lipinski definition) is 2. The SMILES string of the molecule is C#CCN(CC(=O)O)C(=O)[C@H]1Cc2ccccc2CN1.